The van der Waals surface area contributed by atoms with Crippen molar-refractivity contribution in [2.45, 2.75) is 56.5 Å². The van der Waals surface area contributed by atoms with Crippen molar-refractivity contribution >= 4 is 11.9 Å². The molecule has 2 saturated heterocycles. The van der Waals surface area contributed by atoms with Crippen LogP contribution in [0, 0.1) is 5.92 Å². The summed E-state index contributed by atoms with van der Waals surface area (Å²) in [6.45, 7) is 0.690. The molecule has 4 atom stereocenters. The number of amides is 1. The van der Waals surface area contributed by atoms with Gasteiger partial charge in [-0.1, -0.05) is 0 Å². The third-order valence-electron chi connectivity index (χ3n) is 4.14. The SMILES string of the molecule is O=C(O)C1CCC(C(=O)NC2CCOC2C2CC2)O1. The number of hydrogen-bond acceptors (Lipinski definition) is 4. The second kappa shape index (κ2) is 5.09. The van der Waals surface area contributed by atoms with Crippen LogP contribution in [-0.2, 0) is 19.1 Å². The number of nitrogens with one attached hydrogen (secondary N) is 1. The molecular weight excluding hydrogens is 250 g/mol. The van der Waals surface area contributed by atoms with E-state index >= 15 is 0 Å². The number of carboxylic acid groups (broad SMARTS) is 1. The molecule has 6 heteroatoms. The summed E-state index contributed by atoms with van der Waals surface area (Å²) in [5.41, 5.74) is 0. The van der Waals surface area contributed by atoms with Gasteiger partial charge in [-0.25, -0.2) is 4.79 Å². The Balaban J connectivity index is 1.52. The van der Waals surface area contributed by atoms with Crippen LogP contribution in [0.15, 0.2) is 0 Å². The lowest BCUT2D eigenvalue weighted by Crippen LogP contribution is -2.46. The van der Waals surface area contributed by atoms with E-state index in [2.05, 4.69) is 5.32 Å². The molecule has 3 aliphatic rings. The predicted octanol–water partition coefficient (Wildman–Crippen LogP) is 0.302. The first kappa shape index (κ1) is 12.9. The molecule has 2 heterocycles. The number of carbonyl (C=O) groups is 2. The summed E-state index contributed by atoms with van der Waals surface area (Å²) in [4.78, 5) is 22.9. The van der Waals surface area contributed by atoms with Crippen LogP contribution in [0.2, 0.25) is 0 Å². The highest BCUT2D eigenvalue weighted by molar-refractivity contribution is 5.82. The summed E-state index contributed by atoms with van der Waals surface area (Å²) in [5, 5.41) is 11.8. The van der Waals surface area contributed by atoms with Crippen LogP contribution in [0.5, 0.6) is 0 Å². The molecule has 2 aliphatic heterocycles. The van der Waals surface area contributed by atoms with Gasteiger partial charge in [0.2, 0.25) is 5.91 Å². The number of ether oxygens (including phenoxy) is 2. The third-order valence-corrected chi connectivity index (χ3v) is 4.14. The highest BCUT2D eigenvalue weighted by Crippen LogP contribution is 2.38. The second-order valence-corrected chi connectivity index (χ2v) is 5.61. The van der Waals surface area contributed by atoms with Gasteiger partial charge in [-0.2, -0.15) is 0 Å². The molecule has 6 nitrogen and oxygen atoms in total. The maximum Gasteiger partial charge on any atom is 0.332 e. The molecule has 0 aromatic heterocycles. The van der Waals surface area contributed by atoms with Crippen molar-refractivity contribution in [2.24, 2.45) is 5.92 Å². The van der Waals surface area contributed by atoms with Crippen LogP contribution in [0.1, 0.15) is 32.1 Å². The fraction of sp³-hybridized carbons (Fsp3) is 0.846. The average Bonchev–Trinajstić information content (AvgIpc) is 2.93. The minimum atomic E-state index is -0.990. The summed E-state index contributed by atoms with van der Waals surface area (Å²) in [5.74, 6) is -0.593. The molecule has 1 saturated carbocycles. The van der Waals surface area contributed by atoms with Gasteiger partial charge in [-0.3, -0.25) is 4.79 Å². The Morgan fingerprint density at radius 2 is 1.79 bits per heavy atom. The molecule has 106 valence electrons. The van der Waals surface area contributed by atoms with Crippen molar-refractivity contribution in [3.63, 3.8) is 0 Å². The first-order chi connectivity index (χ1) is 9.15. The molecule has 2 N–H and O–H groups in total. The maximum absolute atomic E-state index is 12.1. The Morgan fingerprint density at radius 1 is 1.05 bits per heavy atom. The zero-order chi connectivity index (χ0) is 13.4. The standard InChI is InChI=1S/C13H19NO5/c15-12(9-3-4-10(19-9)13(16)17)14-8-5-6-18-11(8)7-1-2-7/h7-11H,1-6H2,(H,14,15)(H,16,17). The van der Waals surface area contributed by atoms with Gasteiger partial charge in [-0.05, 0) is 38.0 Å². The van der Waals surface area contributed by atoms with Crippen LogP contribution < -0.4 is 5.32 Å². The topological polar surface area (TPSA) is 84.9 Å². The maximum atomic E-state index is 12.1. The highest BCUT2D eigenvalue weighted by atomic mass is 16.5. The van der Waals surface area contributed by atoms with E-state index in [1.54, 1.807) is 0 Å². The van der Waals surface area contributed by atoms with Crippen molar-refractivity contribution < 1.29 is 24.2 Å². The molecule has 19 heavy (non-hydrogen) atoms. The zero-order valence-electron chi connectivity index (χ0n) is 10.7. The smallest absolute Gasteiger partial charge is 0.332 e. The molecule has 0 spiro atoms. The van der Waals surface area contributed by atoms with E-state index in [4.69, 9.17) is 14.6 Å². The Kier molecular flexibility index (Phi) is 3.45. The van der Waals surface area contributed by atoms with Gasteiger partial charge < -0.3 is 19.9 Å². The number of carbonyl (C=O) groups excluding carboxylic acids is 1. The van der Waals surface area contributed by atoms with Crippen LogP contribution >= 0.6 is 0 Å². The number of carboxylic acids is 1. The van der Waals surface area contributed by atoms with E-state index in [9.17, 15) is 9.59 Å². The van der Waals surface area contributed by atoms with Crippen LogP contribution in [0.3, 0.4) is 0 Å². The summed E-state index contributed by atoms with van der Waals surface area (Å²) in [6.07, 6.45) is 2.75. The molecule has 4 unspecified atom stereocenters. The fourth-order valence-electron chi connectivity index (χ4n) is 2.94. The minimum absolute atomic E-state index is 0.0625. The molecular formula is C13H19NO5. The first-order valence-corrected chi connectivity index (χ1v) is 6.95. The van der Waals surface area contributed by atoms with Gasteiger partial charge in [0.1, 0.15) is 6.10 Å². The van der Waals surface area contributed by atoms with Crippen LogP contribution in [0.4, 0.5) is 0 Å². The monoisotopic (exact) mass is 269 g/mol. The molecule has 0 aromatic carbocycles. The van der Waals surface area contributed by atoms with Crippen molar-refractivity contribution in [3.05, 3.63) is 0 Å². The Hall–Kier alpha value is -1.14. The fourth-order valence-corrected chi connectivity index (χ4v) is 2.94. The van der Waals surface area contributed by atoms with E-state index in [0.717, 1.165) is 6.42 Å². The van der Waals surface area contributed by atoms with Crippen molar-refractivity contribution in [1.82, 2.24) is 5.32 Å². The normalized spacial score (nSPS) is 38.3. The predicted molar refractivity (Wildman–Crippen MR) is 64.5 cm³/mol. The molecule has 0 bridgehead atoms. The molecule has 0 radical (unpaired) electrons. The summed E-state index contributed by atoms with van der Waals surface area (Å²) in [7, 11) is 0. The van der Waals surface area contributed by atoms with Crippen molar-refractivity contribution in [1.29, 1.82) is 0 Å². The van der Waals surface area contributed by atoms with Crippen LogP contribution in [-0.4, -0.2) is 47.9 Å². The largest absolute Gasteiger partial charge is 0.479 e. The van der Waals surface area contributed by atoms with E-state index in [0.29, 0.717) is 25.4 Å². The van der Waals surface area contributed by atoms with Gasteiger partial charge in [0.15, 0.2) is 6.10 Å². The van der Waals surface area contributed by atoms with E-state index < -0.39 is 18.2 Å². The first-order valence-electron chi connectivity index (χ1n) is 6.95. The zero-order valence-corrected chi connectivity index (χ0v) is 10.7. The molecule has 1 aliphatic carbocycles. The molecule has 1 amide bonds. The Bertz CT molecular complexity index is 381. The lowest BCUT2D eigenvalue weighted by molar-refractivity contribution is -0.152. The minimum Gasteiger partial charge on any atom is -0.479 e. The number of aliphatic carboxylic acids is 1. The van der Waals surface area contributed by atoms with Gasteiger partial charge in [0.05, 0.1) is 12.1 Å². The number of hydrogen-bond donors (Lipinski definition) is 2. The van der Waals surface area contributed by atoms with E-state index in [1.165, 1.54) is 12.8 Å². The van der Waals surface area contributed by atoms with Gasteiger partial charge in [-0.15, -0.1) is 0 Å². The summed E-state index contributed by atoms with van der Waals surface area (Å²) < 4.78 is 10.9. The highest BCUT2D eigenvalue weighted by Gasteiger charge is 2.43. The molecule has 3 rings (SSSR count). The Labute approximate surface area is 111 Å². The lowest BCUT2D eigenvalue weighted by atomic mass is 10.1. The van der Waals surface area contributed by atoms with E-state index in [1.807, 2.05) is 0 Å². The number of rotatable bonds is 4. The van der Waals surface area contributed by atoms with Crippen molar-refractivity contribution in [2.75, 3.05) is 6.61 Å². The van der Waals surface area contributed by atoms with Gasteiger partial charge in [0.25, 0.3) is 0 Å². The molecule has 3 fully saturated rings. The van der Waals surface area contributed by atoms with Crippen LogP contribution in [0.25, 0.3) is 0 Å². The van der Waals surface area contributed by atoms with E-state index in [-0.39, 0.29) is 18.1 Å². The van der Waals surface area contributed by atoms with Crippen molar-refractivity contribution in [3.8, 4) is 0 Å². The third kappa shape index (κ3) is 2.74. The second-order valence-electron chi connectivity index (χ2n) is 5.61. The van der Waals surface area contributed by atoms with Gasteiger partial charge in [0, 0.05) is 6.61 Å². The lowest BCUT2D eigenvalue weighted by Gasteiger charge is -2.21. The molecule has 0 aromatic rings. The Morgan fingerprint density at radius 3 is 2.42 bits per heavy atom. The summed E-state index contributed by atoms with van der Waals surface area (Å²) in [6, 6.07) is 0.0625. The average molecular weight is 269 g/mol. The summed E-state index contributed by atoms with van der Waals surface area (Å²) >= 11 is 0. The van der Waals surface area contributed by atoms with Gasteiger partial charge >= 0.3 is 5.97 Å². The quantitative estimate of drug-likeness (QED) is 0.767.